The summed E-state index contributed by atoms with van der Waals surface area (Å²) in [5.41, 5.74) is 1.85. The molecule has 1 aliphatic rings. The van der Waals surface area contributed by atoms with E-state index in [-0.39, 0.29) is 0 Å². The molecule has 1 fully saturated rings. The van der Waals surface area contributed by atoms with Gasteiger partial charge in [0.25, 0.3) is 0 Å². The van der Waals surface area contributed by atoms with Crippen molar-refractivity contribution in [3.63, 3.8) is 0 Å². The van der Waals surface area contributed by atoms with E-state index in [0.29, 0.717) is 27.1 Å². The first-order valence-corrected chi connectivity index (χ1v) is 7.61. The van der Waals surface area contributed by atoms with E-state index in [1.807, 2.05) is 0 Å². The van der Waals surface area contributed by atoms with Crippen molar-refractivity contribution in [2.24, 2.45) is 33.0 Å². The molecule has 0 aromatic heterocycles. The molecule has 18 heavy (non-hydrogen) atoms. The molecule has 1 aliphatic carbocycles. The van der Waals surface area contributed by atoms with E-state index in [1.54, 1.807) is 0 Å². The molecule has 0 saturated heterocycles. The van der Waals surface area contributed by atoms with Gasteiger partial charge in [-0.1, -0.05) is 76.2 Å². The van der Waals surface area contributed by atoms with Gasteiger partial charge in [0.15, 0.2) is 0 Å². The number of rotatable bonds is 1. The Bertz CT molecular complexity index is 324. The summed E-state index contributed by atoms with van der Waals surface area (Å²) < 4.78 is 0. The van der Waals surface area contributed by atoms with Gasteiger partial charge >= 0.3 is 0 Å². The van der Waals surface area contributed by atoms with E-state index >= 15 is 0 Å². The molecule has 1 rings (SSSR count). The second-order valence-electron chi connectivity index (χ2n) is 9.85. The van der Waals surface area contributed by atoms with Crippen molar-refractivity contribution in [2.75, 3.05) is 0 Å². The van der Waals surface area contributed by atoms with Gasteiger partial charge in [-0.25, -0.2) is 0 Å². The summed E-state index contributed by atoms with van der Waals surface area (Å²) in [6.07, 6.45) is 1.33. The summed E-state index contributed by atoms with van der Waals surface area (Å²) in [7, 11) is 0. The minimum Gasteiger partial charge on any atom is -0.0614 e. The average molecular weight is 252 g/mol. The first-order valence-electron chi connectivity index (χ1n) is 7.61. The molecule has 1 saturated carbocycles. The monoisotopic (exact) mass is 252 g/mol. The van der Waals surface area contributed by atoms with Crippen LogP contribution >= 0.6 is 0 Å². The fraction of sp³-hybridized carbons (Fsp3) is 1.00. The largest absolute Gasteiger partial charge is 0.0614 e. The summed E-state index contributed by atoms with van der Waals surface area (Å²) >= 11 is 0. The lowest BCUT2D eigenvalue weighted by molar-refractivity contribution is -0.110. The summed E-state index contributed by atoms with van der Waals surface area (Å²) in [6, 6.07) is 0. The Morgan fingerprint density at radius 2 is 1.22 bits per heavy atom. The molecule has 0 spiro atoms. The predicted molar refractivity (Wildman–Crippen MR) is 82.7 cm³/mol. The highest BCUT2D eigenvalue weighted by molar-refractivity contribution is 5.14. The van der Waals surface area contributed by atoms with Crippen LogP contribution in [0.25, 0.3) is 0 Å². The van der Waals surface area contributed by atoms with Crippen molar-refractivity contribution in [1.29, 1.82) is 0 Å². The van der Waals surface area contributed by atoms with Crippen LogP contribution in [0.4, 0.5) is 0 Å². The van der Waals surface area contributed by atoms with Crippen LogP contribution in [-0.2, 0) is 0 Å². The molecule has 2 atom stereocenters. The predicted octanol–water partition coefficient (Wildman–Crippen LogP) is 6.16. The zero-order valence-corrected chi connectivity index (χ0v) is 14.8. The number of hydrogen-bond acceptors (Lipinski definition) is 0. The molecule has 0 aliphatic heterocycles. The lowest BCUT2D eigenvalue weighted by Crippen LogP contribution is -2.53. The maximum Gasteiger partial charge on any atom is -0.0187 e. The van der Waals surface area contributed by atoms with E-state index in [9.17, 15) is 0 Å². The molecule has 2 unspecified atom stereocenters. The van der Waals surface area contributed by atoms with Crippen molar-refractivity contribution >= 4 is 0 Å². The van der Waals surface area contributed by atoms with E-state index < -0.39 is 0 Å². The lowest BCUT2D eigenvalue weighted by Gasteiger charge is -2.59. The summed E-state index contributed by atoms with van der Waals surface area (Å²) in [5.74, 6) is 0.745. The van der Waals surface area contributed by atoms with Crippen molar-refractivity contribution in [2.45, 2.75) is 82.6 Å². The molecule has 0 bridgehead atoms. The first kappa shape index (κ1) is 16.1. The number of hydrogen-bond donors (Lipinski definition) is 0. The summed E-state index contributed by atoms with van der Waals surface area (Å²) in [6.45, 7) is 27.2. The summed E-state index contributed by atoms with van der Waals surface area (Å²) in [4.78, 5) is 0. The van der Waals surface area contributed by atoms with Gasteiger partial charge in [0, 0.05) is 0 Å². The first-order chi connectivity index (χ1) is 7.61. The Morgan fingerprint density at radius 1 is 0.833 bits per heavy atom. The van der Waals surface area contributed by atoms with Gasteiger partial charge in [0.05, 0.1) is 0 Å². The van der Waals surface area contributed by atoms with Crippen molar-refractivity contribution in [3.8, 4) is 0 Å². The Balaban J connectivity index is 3.44. The van der Waals surface area contributed by atoms with Crippen LogP contribution in [0.5, 0.6) is 0 Å². The van der Waals surface area contributed by atoms with Crippen molar-refractivity contribution in [3.05, 3.63) is 0 Å². The molecule has 108 valence electrons. The minimum absolute atomic E-state index is 0.316. The highest BCUT2D eigenvalue weighted by atomic mass is 14.7. The highest BCUT2D eigenvalue weighted by Gasteiger charge is 2.65. The van der Waals surface area contributed by atoms with Gasteiger partial charge in [0.1, 0.15) is 0 Å². The van der Waals surface area contributed by atoms with Crippen LogP contribution in [0.3, 0.4) is 0 Å². The van der Waals surface area contributed by atoms with Crippen molar-refractivity contribution in [1.82, 2.24) is 0 Å². The molecule has 0 heteroatoms. The second-order valence-corrected chi connectivity index (χ2v) is 9.85. The topological polar surface area (TPSA) is 0 Å². The Kier molecular flexibility index (Phi) is 3.36. The van der Waals surface area contributed by atoms with Crippen LogP contribution in [0.15, 0.2) is 0 Å². The van der Waals surface area contributed by atoms with E-state index in [2.05, 4.69) is 76.2 Å². The van der Waals surface area contributed by atoms with Crippen molar-refractivity contribution < 1.29 is 0 Å². The van der Waals surface area contributed by atoms with Crippen LogP contribution < -0.4 is 0 Å². The van der Waals surface area contributed by atoms with Gasteiger partial charge in [0.2, 0.25) is 0 Å². The van der Waals surface area contributed by atoms with Crippen LogP contribution in [0.1, 0.15) is 82.6 Å². The average Bonchev–Trinajstić information content (AvgIpc) is 2.22. The molecule has 0 amide bonds. The van der Waals surface area contributed by atoms with Gasteiger partial charge in [-0.15, -0.1) is 0 Å². The fourth-order valence-corrected chi connectivity index (χ4v) is 5.01. The molecule has 0 aromatic carbocycles. The van der Waals surface area contributed by atoms with Gasteiger partial charge in [-0.05, 0) is 39.4 Å². The molecular formula is C18H36. The van der Waals surface area contributed by atoms with Gasteiger partial charge < -0.3 is 0 Å². The minimum atomic E-state index is 0.316. The SMILES string of the molecule is CC1C(C)(C)CC(C)(C)C1(C)C(C)(C)C(C)(C)C. The smallest absolute Gasteiger partial charge is 0.0187 e. The third-order valence-corrected chi connectivity index (χ3v) is 7.52. The van der Waals surface area contributed by atoms with Crippen LogP contribution in [0, 0.1) is 33.0 Å². The standard InChI is InChI=1S/C18H36/c1-13-15(5,6)12-16(7,8)18(13,11)17(9,10)14(2,3)4/h13H,12H2,1-11H3. The normalized spacial score (nSPS) is 35.8. The Hall–Kier alpha value is 0. The molecular weight excluding hydrogens is 216 g/mol. The van der Waals surface area contributed by atoms with Gasteiger partial charge in [-0.2, -0.15) is 0 Å². The quantitative estimate of drug-likeness (QED) is 0.524. The molecule has 0 heterocycles. The molecule has 0 nitrogen and oxygen atoms in total. The van der Waals surface area contributed by atoms with E-state index in [0.717, 1.165) is 5.92 Å². The maximum absolute atomic E-state index is 2.55. The Morgan fingerprint density at radius 3 is 1.44 bits per heavy atom. The fourth-order valence-electron chi connectivity index (χ4n) is 5.01. The van der Waals surface area contributed by atoms with E-state index in [4.69, 9.17) is 0 Å². The van der Waals surface area contributed by atoms with Crippen LogP contribution in [0.2, 0.25) is 0 Å². The molecule has 0 radical (unpaired) electrons. The van der Waals surface area contributed by atoms with Gasteiger partial charge in [-0.3, -0.25) is 0 Å². The highest BCUT2D eigenvalue weighted by Crippen LogP contribution is 2.72. The maximum atomic E-state index is 2.55. The third kappa shape index (κ3) is 1.78. The lowest BCUT2D eigenvalue weighted by atomic mass is 9.45. The third-order valence-electron chi connectivity index (χ3n) is 7.52. The molecule has 0 N–H and O–H groups in total. The zero-order chi connectivity index (χ0) is 14.8. The molecule has 0 aromatic rings. The van der Waals surface area contributed by atoms with Crippen LogP contribution in [-0.4, -0.2) is 0 Å². The second kappa shape index (κ2) is 3.76. The zero-order valence-electron chi connectivity index (χ0n) is 14.8. The Labute approximate surface area is 116 Å². The summed E-state index contributed by atoms with van der Waals surface area (Å²) in [5, 5.41) is 0. The van der Waals surface area contributed by atoms with E-state index in [1.165, 1.54) is 6.42 Å².